The minimum Gasteiger partial charge on any atom is -0.383 e. The van der Waals surface area contributed by atoms with Crippen LogP contribution in [0.25, 0.3) is 0 Å². The number of nitrogens with zero attached hydrogens (tertiary/aromatic N) is 1. The van der Waals surface area contributed by atoms with Crippen LogP contribution in [-0.2, 0) is 9.53 Å². The summed E-state index contributed by atoms with van der Waals surface area (Å²) >= 11 is 0. The van der Waals surface area contributed by atoms with Gasteiger partial charge in [0.25, 0.3) is 5.91 Å². The van der Waals surface area contributed by atoms with Gasteiger partial charge in [-0.25, -0.2) is 0 Å². The van der Waals surface area contributed by atoms with E-state index < -0.39 is 5.54 Å². The van der Waals surface area contributed by atoms with Gasteiger partial charge in [-0.2, -0.15) is 0 Å². The first-order valence-electron chi connectivity index (χ1n) is 8.06. The van der Waals surface area contributed by atoms with Crippen LogP contribution in [0.2, 0.25) is 0 Å². The summed E-state index contributed by atoms with van der Waals surface area (Å²) < 4.78 is 4.98. The second-order valence-electron chi connectivity index (χ2n) is 7.00. The standard InChI is InChI=1S/C16H29N3O2/c1-5-15(2,3)12-6-8-16(9-7-12)13(20)18-14(19-16)17-10-11-21-4/h12H,5-11H2,1-4H3,(H2,17,18,19,20). The number of carbonyl (C=O) groups is 1. The lowest BCUT2D eigenvalue weighted by Gasteiger charge is -2.42. The highest BCUT2D eigenvalue weighted by Gasteiger charge is 2.48. The van der Waals surface area contributed by atoms with E-state index in [-0.39, 0.29) is 5.91 Å². The van der Waals surface area contributed by atoms with Gasteiger partial charge < -0.3 is 10.1 Å². The molecule has 0 aromatic carbocycles. The predicted octanol–water partition coefficient (Wildman–Crippen LogP) is 2.07. The normalized spacial score (nSPS) is 31.5. The van der Waals surface area contributed by atoms with Gasteiger partial charge in [0.1, 0.15) is 5.54 Å². The van der Waals surface area contributed by atoms with Crippen molar-refractivity contribution in [2.75, 3.05) is 20.3 Å². The predicted molar refractivity (Wildman–Crippen MR) is 84.2 cm³/mol. The third-order valence-corrected chi connectivity index (χ3v) is 5.45. The summed E-state index contributed by atoms with van der Waals surface area (Å²) in [7, 11) is 1.65. The SMILES string of the molecule is CCC(C)(C)C1CCC2(CC1)NC(=NCCOC)NC2=O. The van der Waals surface area contributed by atoms with Gasteiger partial charge >= 0.3 is 0 Å². The molecule has 2 fully saturated rings. The van der Waals surface area contributed by atoms with Crippen molar-refractivity contribution >= 4 is 11.9 Å². The van der Waals surface area contributed by atoms with Gasteiger partial charge in [-0.15, -0.1) is 0 Å². The Labute approximate surface area is 127 Å². The number of hydrogen-bond acceptors (Lipinski definition) is 3. The highest BCUT2D eigenvalue weighted by Crippen LogP contribution is 2.44. The van der Waals surface area contributed by atoms with Crippen LogP contribution in [0, 0.1) is 11.3 Å². The lowest BCUT2D eigenvalue weighted by Crippen LogP contribution is -2.50. The lowest BCUT2D eigenvalue weighted by molar-refractivity contribution is -0.125. The fourth-order valence-electron chi connectivity index (χ4n) is 3.40. The Morgan fingerprint density at radius 2 is 2.05 bits per heavy atom. The molecule has 2 N–H and O–H groups in total. The molecule has 0 aromatic heterocycles. The van der Waals surface area contributed by atoms with Crippen molar-refractivity contribution in [2.45, 2.75) is 58.4 Å². The number of nitrogens with one attached hydrogen (secondary N) is 2. The number of ether oxygens (including phenoxy) is 1. The number of methoxy groups -OCH3 is 1. The van der Waals surface area contributed by atoms with E-state index in [2.05, 4.69) is 36.4 Å². The molecule has 2 aliphatic rings. The maximum absolute atomic E-state index is 12.3. The zero-order valence-electron chi connectivity index (χ0n) is 13.8. The summed E-state index contributed by atoms with van der Waals surface area (Å²) in [5, 5.41) is 6.22. The maximum atomic E-state index is 12.3. The average Bonchev–Trinajstić information content (AvgIpc) is 2.76. The van der Waals surface area contributed by atoms with E-state index in [9.17, 15) is 4.79 Å². The molecule has 1 aliphatic carbocycles. The molecule has 1 amide bonds. The summed E-state index contributed by atoms with van der Waals surface area (Å²) in [4.78, 5) is 16.7. The van der Waals surface area contributed by atoms with E-state index in [1.807, 2.05) is 0 Å². The van der Waals surface area contributed by atoms with Gasteiger partial charge in [-0.05, 0) is 37.0 Å². The summed E-state index contributed by atoms with van der Waals surface area (Å²) in [6.45, 7) is 8.08. The molecule has 1 heterocycles. The Morgan fingerprint density at radius 3 is 2.62 bits per heavy atom. The molecule has 0 unspecified atom stereocenters. The van der Waals surface area contributed by atoms with E-state index in [0.29, 0.717) is 30.4 Å². The number of aliphatic imine (C=N–C) groups is 1. The van der Waals surface area contributed by atoms with E-state index in [0.717, 1.165) is 25.7 Å². The summed E-state index contributed by atoms with van der Waals surface area (Å²) in [6, 6.07) is 0. The lowest BCUT2D eigenvalue weighted by atomic mass is 9.65. The zero-order valence-corrected chi connectivity index (χ0v) is 13.8. The molecule has 1 aliphatic heterocycles. The minimum absolute atomic E-state index is 0.0893. The number of hydrogen-bond donors (Lipinski definition) is 2. The van der Waals surface area contributed by atoms with Crippen molar-refractivity contribution in [3.8, 4) is 0 Å². The molecule has 2 rings (SSSR count). The van der Waals surface area contributed by atoms with Gasteiger partial charge in [-0.1, -0.05) is 27.2 Å². The van der Waals surface area contributed by atoms with Gasteiger partial charge in [-0.3, -0.25) is 15.1 Å². The van der Waals surface area contributed by atoms with E-state index >= 15 is 0 Å². The molecule has 21 heavy (non-hydrogen) atoms. The van der Waals surface area contributed by atoms with Crippen molar-refractivity contribution in [3.05, 3.63) is 0 Å². The minimum atomic E-state index is -0.424. The fraction of sp³-hybridized carbons (Fsp3) is 0.875. The Kier molecular flexibility index (Phi) is 4.91. The topological polar surface area (TPSA) is 62.7 Å². The summed E-state index contributed by atoms with van der Waals surface area (Å²) in [5.74, 6) is 1.41. The largest absolute Gasteiger partial charge is 0.383 e. The Hall–Kier alpha value is -1.10. The van der Waals surface area contributed by atoms with Gasteiger partial charge in [0, 0.05) is 7.11 Å². The van der Waals surface area contributed by atoms with Crippen molar-refractivity contribution in [1.29, 1.82) is 0 Å². The van der Waals surface area contributed by atoms with Crippen LogP contribution in [0.5, 0.6) is 0 Å². The van der Waals surface area contributed by atoms with Crippen LogP contribution in [0.1, 0.15) is 52.9 Å². The van der Waals surface area contributed by atoms with Crippen molar-refractivity contribution < 1.29 is 9.53 Å². The fourth-order valence-corrected chi connectivity index (χ4v) is 3.40. The number of rotatable bonds is 5. The first-order valence-corrected chi connectivity index (χ1v) is 8.06. The van der Waals surface area contributed by atoms with Crippen LogP contribution in [0.15, 0.2) is 4.99 Å². The Bertz CT molecular complexity index is 410. The molecule has 1 spiro atoms. The molecule has 1 saturated carbocycles. The van der Waals surface area contributed by atoms with Crippen LogP contribution in [0.3, 0.4) is 0 Å². The molecule has 1 saturated heterocycles. The average molecular weight is 295 g/mol. The maximum Gasteiger partial charge on any atom is 0.252 e. The zero-order chi connectivity index (χ0) is 15.5. The molecular formula is C16H29N3O2. The third kappa shape index (κ3) is 3.39. The van der Waals surface area contributed by atoms with Crippen LogP contribution in [-0.4, -0.2) is 37.7 Å². The second kappa shape index (κ2) is 6.34. The molecule has 0 bridgehead atoms. The van der Waals surface area contributed by atoms with Gasteiger partial charge in [0.2, 0.25) is 0 Å². The highest BCUT2D eigenvalue weighted by atomic mass is 16.5. The van der Waals surface area contributed by atoms with Gasteiger partial charge in [0.05, 0.1) is 13.2 Å². The van der Waals surface area contributed by atoms with Crippen molar-refractivity contribution in [1.82, 2.24) is 10.6 Å². The molecule has 0 aromatic rings. The highest BCUT2D eigenvalue weighted by molar-refractivity contribution is 6.09. The molecule has 0 atom stereocenters. The summed E-state index contributed by atoms with van der Waals surface area (Å²) in [6.07, 6.45) is 5.19. The van der Waals surface area contributed by atoms with Crippen molar-refractivity contribution in [3.63, 3.8) is 0 Å². The molecule has 5 heteroatoms. The number of guanidine groups is 1. The van der Waals surface area contributed by atoms with Crippen molar-refractivity contribution in [2.24, 2.45) is 16.3 Å². The summed E-state index contributed by atoms with van der Waals surface area (Å²) in [5.41, 5.74) is -0.0572. The number of amides is 1. The second-order valence-corrected chi connectivity index (χ2v) is 7.00. The molecule has 5 nitrogen and oxygen atoms in total. The molecule has 120 valence electrons. The van der Waals surface area contributed by atoms with E-state index in [1.54, 1.807) is 7.11 Å². The first kappa shape index (κ1) is 16.3. The molecular weight excluding hydrogens is 266 g/mol. The Morgan fingerprint density at radius 1 is 1.38 bits per heavy atom. The smallest absolute Gasteiger partial charge is 0.252 e. The first-order chi connectivity index (χ1) is 9.93. The van der Waals surface area contributed by atoms with Crippen LogP contribution < -0.4 is 10.6 Å². The van der Waals surface area contributed by atoms with Crippen LogP contribution in [0.4, 0.5) is 0 Å². The monoisotopic (exact) mass is 295 g/mol. The molecule has 0 radical (unpaired) electrons. The van der Waals surface area contributed by atoms with E-state index in [1.165, 1.54) is 6.42 Å². The van der Waals surface area contributed by atoms with Crippen LogP contribution >= 0.6 is 0 Å². The number of carbonyl (C=O) groups excluding carboxylic acids is 1. The van der Waals surface area contributed by atoms with E-state index in [4.69, 9.17) is 4.74 Å². The quantitative estimate of drug-likeness (QED) is 0.763. The third-order valence-electron chi connectivity index (χ3n) is 5.45. The Balaban J connectivity index is 1.96. The van der Waals surface area contributed by atoms with Gasteiger partial charge in [0.15, 0.2) is 5.96 Å².